The molecule has 0 bridgehead atoms. The van der Waals surface area contributed by atoms with Crippen LogP contribution in [0.15, 0.2) is 152 Å². The van der Waals surface area contributed by atoms with Crippen molar-refractivity contribution >= 4 is 28.7 Å². The molecule has 6 aromatic carbocycles. The van der Waals surface area contributed by atoms with Crippen LogP contribution in [-0.4, -0.2) is 53.2 Å². The molecule has 7 heteroatoms. The molecule has 0 fully saturated rings. The zero-order chi connectivity index (χ0) is 35.2. The Hall–Kier alpha value is -6.21. The average molecular weight is 675 g/mol. The predicted molar refractivity (Wildman–Crippen MR) is 199 cm³/mol. The second-order valence-electron chi connectivity index (χ2n) is 12.9. The van der Waals surface area contributed by atoms with Gasteiger partial charge in [0.05, 0.1) is 6.04 Å². The maximum Gasteiger partial charge on any atom is 0.407 e. The molecule has 7 rings (SSSR count). The Labute approximate surface area is 297 Å². The number of nitrogens with one attached hydrogen (secondary N) is 1. The monoisotopic (exact) mass is 674 g/mol. The quantitative estimate of drug-likeness (QED) is 0.137. The summed E-state index contributed by atoms with van der Waals surface area (Å²) in [5.74, 6) is -1.69. The molecule has 2 atom stereocenters. The molecule has 2 unspecified atom stereocenters. The fourth-order valence-electron chi connectivity index (χ4n) is 7.11. The lowest BCUT2D eigenvalue weighted by Gasteiger charge is -2.33. The maximum atomic E-state index is 14.5. The number of alkyl carbamates (subject to hydrolysis) is 1. The average Bonchev–Trinajstić information content (AvgIpc) is 3.49. The van der Waals surface area contributed by atoms with E-state index in [1.54, 1.807) is 12.1 Å². The summed E-state index contributed by atoms with van der Waals surface area (Å²) in [6.45, 7) is 0.0674. The molecule has 0 aliphatic heterocycles. The van der Waals surface area contributed by atoms with Gasteiger partial charge in [0.15, 0.2) is 0 Å². The van der Waals surface area contributed by atoms with Gasteiger partial charge in [0.1, 0.15) is 12.6 Å². The lowest BCUT2D eigenvalue weighted by atomic mass is 9.98. The molecule has 1 aliphatic carbocycles. The zero-order valence-electron chi connectivity index (χ0n) is 28.0. The lowest BCUT2D eigenvalue weighted by molar-refractivity contribution is -0.142. The van der Waals surface area contributed by atoms with E-state index in [-0.39, 0.29) is 25.5 Å². The Bertz CT molecular complexity index is 2120. The summed E-state index contributed by atoms with van der Waals surface area (Å²) in [5.41, 5.74) is 6.54. The van der Waals surface area contributed by atoms with E-state index < -0.39 is 30.1 Å². The second-order valence-corrected chi connectivity index (χ2v) is 12.9. The van der Waals surface area contributed by atoms with Crippen molar-refractivity contribution < 1.29 is 24.2 Å². The molecule has 2 N–H and O–H groups in total. The second kappa shape index (κ2) is 15.1. The molecule has 254 valence electrons. The zero-order valence-corrected chi connectivity index (χ0v) is 28.0. The number of ether oxygens (including phenoxy) is 1. The van der Waals surface area contributed by atoms with E-state index >= 15 is 0 Å². The van der Waals surface area contributed by atoms with Gasteiger partial charge in [0.25, 0.3) is 5.91 Å². The lowest BCUT2D eigenvalue weighted by Crippen LogP contribution is -2.53. The molecule has 1 aliphatic rings. The van der Waals surface area contributed by atoms with Crippen molar-refractivity contribution in [1.29, 1.82) is 0 Å². The third kappa shape index (κ3) is 7.53. The largest absolute Gasteiger partial charge is 0.480 e. The summed E-state index contributed by atoms with van der Waals surface area (Å²) < 4.78 is 5.92. The number of fused-ring (bicyclic) bond motifs is 4. The van der Waals surface area contributed by atoms with Crippen LogP contribution >= 0.6 is 0 Å². The number of aliphatic carboxylic acids is 1. The highest BCUT2D eigenvalue weighted by Crippen LogP contribution is 2.44. The van der Waals surface area contributed by atoms with Gasteiger partial charge < -0.3 is 20.1 Å². The molecule has 0 saturated carbocycles. The van der Waals surface area contributed by atoms with E-state index in [0.29, 0.717) is 12.0 Å². The number of amides is 2. The van der Waals surface area contributed by atoms with E-state index in [0.717, 1.165) is 44.2 Å². The van der Waals surface area contributed by atoms with Crippen LogP contribution in [0.5, 0.6) is 0 Å². The van der Waals surface area contributed by atoms with Gasteiger partial charge in [-0.3, -0.25) is 4.79 Å². The van der Waals surface area contributed by atoms with Crippen molar-refractivity contribution in [3.63, 3.8) is 0 Å². The molecular formula is C44H38N2O5. The summed E-state index contributed by atoms with van der Waals surface area (Å²) in [4.78, 5) is 42.5. The molecule has 0 saturated heterocycles. The van der Waals surface area contributed by atoms with Crippen LogP contribution in [0.25, 0.3) is 21.9 Å². The Morgan fingerprint density at radius 1 is 0.647 bits per heavy atom. The predicted octanol–water partition coefficient (Wildman–Crippen LogP) is 8.13. The van der Waals surface area contributed by atoms with Gasteiger partial charge in [-0.2, -0.15) is 0 Å². The highest BCUT2D eigenvalue weighted by molar-refractivity contribution is 6.00. The van der Waals surface area contributed by atoms with Gasteiger partial charge in [0, 0.05) is 24.4 Å². The molecule has 51 heavy (non-hydrogen) atoms. The first-order chi connectivity index (χ1) is 24.9. The minimum absolute atomic E-state index is 0.0610. The summed E-state index contributed by atoms with van der Waals surface area (Å²) in [6, 6.07) is 46.4. The summed E-state index contributed by atoms with van der Waals surface area (Å²) in [5, 5.41) is 15.5. The molecule has 0 radical (unpaired) electrons. The highest BCUT2D eigenvalue weighted by Gasteiger charge is 2.34. The van der Waals surface area contributed by atoms with Crippen LogP contribution in [0.3, 0.4) is 0 Å². The number of carbonyl (C=O) groups excluding carboxylic acids is 2. The van der Waals surface area contributed by atoms with E-state index in [1.165, 1.54) is 4.90 Å². The molecule has 7 nitrogen and oxygen atoms in total. The first kappa shape index (κ1) is 33.3. The molecule has 0 spiro atoms. The summed E-state index contributed by atoms with van der Waals surface area (Å²) >= 11 is 0. The number of hydrogen-bond donors (Lipinski definition) is 2. The highest BCUT2D eigenvalue weighted by atomic mass is 16.5. The third-order valence-electron chi connectivity index (χ3n) is 9.60. The van der Waals surface area contributed by atoms with Gasteiger partial charge in [-0.15, -0.1) is 0 Å². The van der Waals surface area contributed by atoms with Crippen molar-refractivity contribution in [1.82, 2.24) is 10.2 Å². The number of benzene rings is 6. The third-order valence-corrected chi connectivity index (χ3v) is 9.60. The molecule has 2 amide bonds. The number of hydrogen-bond acceptors (Lipinski definition) is 4. The number of nitrogens with zero attached hydrogens (tertiary/aromatic N) is 1. The first-order valence-electron chi connectivity index (χ1n) is 17.2. The van der Waals surface area contributed by atoms with Gasteiger partial charge in [-0.1, -0.05) is 140 Å². The van der Waals surface area contributed by atoms with Crippen molar-refractivity contribution in [2.24, 2.45) is 0 Å². The fourth-order valence-corrected chi connectivity index (χ4v) is 7.11. The molecule has 0 aromatic heterocycles. The van der Waals surface area contributed by atoms with Gasteiger partial charge in [0.2, 0.25) is 0 Å². The Kier molecular flexibility index (Phi) is 9.88. The molecule has 6 aromatic rings. The number of carbonyl (C=O) groups is 3. The minimum atomic E-state index is -1.20. The van der Waals surface area contributed by atoms with Crippen molar-refractivity contribution in [2.75, 3.05) is 13.2 Å². The fraction of sp³-hybridized carbons (Fsp3) is 0.159. The molecule has 0 heterocycles. The van der Waals surface area contributed by atoms with Crippen molar-refractivity contribution in [2.45, 2.75) is 30.8 Å². The van der Waals surface area contributed by atoms with E-state index in [4.69, 9.17) is 4.74 Å². The van der Waals surface area contributed by atoms with Gasteiger partial charge in [-0.05, 0) is 62.7 Å². The summed E-state index contributed by atoms with van der Waals surface area (Å²) in [7, 11) is 0. The number of carboxylic acid groups (broad SMARTS) is 1. The summed E-state index contributed by atoms with van der Waals surface area (Å²) in [6.07, 6.45) is -0.186. The number of rotatable bonds is 12. The van der Waals surface area contributed by atoms with Gasteiger partial charge >= 0.3 is 12.1 Å². The minimum Gasteiger partial charge on any atom is -0.480 e. The number of carboxylic acids is 1. The van der Waals surface area contributed by atoms with Crippen LogP contribution in [0.4, 0.5) is 4.79 Å². The SMILES string of the molecule is O=C(NC(Cc1ccccc1)CN(C(=O)c1ccc2ccccc2c1)C(Cc1ccccc1)C(=O)O)OCC1c2ccccc2-c2ccccc21. The van der Waals surface area contributed by atoms with Crippen LogP contribution in [0.1, 0.15) is 38.5 Å². The smallest absolute Gasteiger partial charge is 0.407 e. The van der Waals surface area contributed by atoms with Gasteiger partial charge in [-0.25, -0.2) is 9.59 Å². The normalized spacial score (nSPS) is 13.1. The van der Waals surface area contributed by atoms with Crippen LogP contribution in [0, 0.1) is 0 Å². The van der Waals surface area contributed by atoms with E-state index in [9.17, 15) is 19.5 Å². The van der Waals surface area contributed by atoms with E-state index in [2.05, 4.69) is 29.6 Å². The van der Waals surface area contributed by atoms with Crippen LogP contribution < -0.4 is 5.32 Å². The first-order valence-corrected chi connectivity index (χ1v) is 17.2. The Balaban J connectivity index is 1.17. The van der Waals surface area contributed by atoms with Crippen molar-refractivity contribution in [3.05, 3.63) is 179 Å². The Morgan fingerprint density at radius 3 is 1.82 bits per heavy atom. The molecular weight excluding hydrogens is 636 g/mol. The van der Waals surface area contributed by atoms with Crippen LogP contribution in [0.2, 0.25) is 0 Å². The van der Waals surface area contributed by atoms with Crippen LogP contribution in [-0.2, 0) is 22.4 Å². The maximum absolute atomic E-state index is 14.5. The van der Waals surface area contributed by atoms with E-state index in [1.807, 2.05) is 115 Å². The standard InChI is InChI=1S/C44H38N2O5/c47-42(34-24-23-32-17-7-8-18-33(32)27-34)46(41(43(48)49)26-31-15-5-2-6-16-31)28-35(25-30-13-3-1-4-14-30)45-44(50)51-29-40-38-21-11-9-19-36(38)37-20-10-12-22-39(37)40/h1-24,27,35,40-41H,25-26,28-29H2,(H,45,50)(H,48,49). The Morgan fingerprint density at radius 2 is 1.20 bits per heavy atom. The van der Waals surface area contributed by atoms with Crippen molar-refractivity contribution in [3.8, 4) is 11.1 Å². The topological polar surface area (TPSA) is 95.9 Å².